The summed E-state index contributed by atoms with van der Waals surface area (Å²) in [7, 11) is 0. The van der Waals surface area contributed by atoms with Crippen LogP contribution in [0.25, 0.3) is 0 Å². The average molecular weight is 380 g/mol. The highest BCUT2D eigenvalue weighted by atomic mass is 35.5. The van der Waals surface area contributed by atoms with Crippen molar-refractivity contribution in [1.29, 1.82) is 0 Å². The van der Waals surface area contributed by atoms with Crippen LogP contribution in [0.15, 0.2) is 24.3 Å². The number of benzene rings is 1. The van der Waals surface area contributed by atoms with E-state index in [0.717, 1.165) is 43.7 Å². The minimum atomic E-state index is -0.248. The van der Waals surface area contributed by atoms with Crippen molar-refractivity contribution in [1.82, 2.24) is 5.32 Å². The third-order valence-corrected chi connectivity index (χ3v) is 5.51. The van der Waals surface area contributed by atoms with E-state index in [0.29, 0.717) is 18.3 Å². The van der Waals surface area contributed by atoms with Gasteiger partial charge in [0.05, 0.1) is 5.41 Å². The second-order valence-corrected chi connectivity index (χ2v) is 7.91. The van der Waals surface area contributed by atoms with Gasteiger partial charge in [0.2, 0.25) is 11.8 Å². The monoisotopic (exact) mass is 379 g/mol. The fourth-order valence-electron chi connectivity index (χ4n) is 4.17. The second-order valence-electron chi connectivity index (χ2n) is 7.91. The third-order valence-electron chi connectivity index (χ3n) is 5.51. The fourth-order valence-corrected chi connectivity index (χ4v) is 4.17. The Bertz CT molecular complexity index is 632. The van der Waals surface area contributed by atoms with E-state index >= 15 is 0 Å². The fraction of sp³-hybridized carbons (Fsp3) is 0.600. The van der Waals surface area contributed by atoms with Crippen molar-refractivity contribution in [3.63, 3.8) is 0 Å². The summed E-state index contributed by atoms with van der Waals surface area (Å²) in [6.45, 7) is 5.78. The Kier molecular flexibility index (Phi) is 7.07. The molecule has 1 saturated carbocycles. The van der Waals surface area contributed by atoms with Crippen molar-refractivity contribution in [3.8, 4) is 0 Å². The lowest BCUT2D eigenvalue weighted by Crippen LogP contribution is -2.44. The van der Waals surface area contributed by atoms with Gasteiger partial charge in [0.1, 0.15) is 0 Å². The number of fused-ring (bicyclic) bond motifs is 1. The van der Waals surface area contributed by atoms with Crippen LogP contribution in [0.1, 0.15) is 46.0 Å². The quantitative estimate of drug-likeness (QED) is 0.728. The first-order chi connectivity index (χ1) is 12.0. The molecule has 0 spiro atoms. The number of carbonyl (C=O) groups excluding carboxylic acids is 2. The molecule has 2 atom stereocenters. The number of nitrogens with one attached hydrogen (secondary N) is 3. The van der Waals surface area contributed by atoms with E-state index in [1.165, 1.54) is 6.42 Å². The molecule has 1 aliphatic heterocycles. The molecule has 0 bridgehead atoms. The maximum absolute atomic E-state index is 12.9. The molecule has 2 aliphatic rings. The Morgan fingerprint density at radius 3 is 2.46 bits per heavy atom. The lowest BCUT2D eigenvalue weighted by molar-refractivity contribution is -0.128. The molecule has 1 aliphatic carbocycles. The van der Waals surface area contributed by atoms with Crippen LogP contribution in [-0.4, -0.2) is 24.9 Å². The smallest absolute Gasteiger partial charge is 0.232 e. The molecular formula is C20H30ClN3O2. The summed E-state index contributed by atoms with van der Waals surface area (Å²) in [5.41, 5.74) is 1.31. The molecule has 2 fully saturated rings. The van der Waals surface area contributed by atoms with Crippen LogP contribution in [0.2, 0.25) is 0 Å². The molecule has 2 amide bonds. The molecular weight excluding hydrogens is 350 g/mol. The number of halogens is 1. The van der Waals surface area contributed by atoms with Gasteiger partial charge in [-0.1, -0.05) is 26.7 Å². The third kappa shape index (κ3) is 4.57. The van der Waals surface area contributed by atoms with Gasteiger partial charge in [-0.15, -0.1) is 12.4 Å². The van der Waals surface area contributed by atoms with E-state index < -0.39 is 0 Å². The SMILES string of the molecule is CC(C)CC(=O)Nc1ccc(NC(=O)[C@@]23CCCC[C@H]2CNC3)cc1.Cl. The Balaban J connectivity index is 0.00000243. The molecule has 0 unspecified atom stereocenters. The van der Waals surface area contributed by atoms with Gasteiger partial charge in [-0.2, -0.15) is 0 Å². The van der Waals surface area contributed by atoms with Crippen molar-refractivity contribution >= 4 is 35.6 Å². The van der Waals surface area contributed by atoms with Crippen LogP contribution >= 0.6 is 12.4 Å². The van der Waals surface area contributed by atoms with Crippen LogP contribution in [0, 0.1) is 17.3 Å². The van der Waals surface area contributed by atoms with Gasteiger partial charge in [-0.3, -0.25) is 9.59 Å². The molecule has 6 heteroatoms. The Hall–Kier alpha value is -1.59. The standard InChI is InChI=1S/C20H29N3O2.ClH/c1-14(2)11-18(24)22-16-6-8-17(9-7-16)23-19(25)20-10-4-3-5-15(20)12-21-13-20;/h6-9,14-15,21H,3-5,10-13H2,1-2H3,(H,22,24)(H,23,25);1H/t15-,20+;/m0./s1. The molecule has 1 saturated heterocycles. The molecule has 0 aromatic heterocycles. The zero-order chi connectivity index (χ0) is 17.9. The highest BCUT2D eigenvalue weighted by Crippen LogP contribution is 2.44. The number of amides is 2. The van der Waals surface area contributed by atoms with Crippen LogP contribution in [-0.2, 0) is 9.59 Å². The van der Waals surface area contributed by atoms with Gasteiger partial charge in [0.15, 0.2) is 0 Å². The van der Waals surface area contributed by atoms with Crippen LogP contribution in [0.4, 0.5) is 11.4 Å². The topological polar surface area (TPSA) is 70.2 Å². The zero-order valence-electron chi connectivity index (χ0n) is 15.6. The van der Waals surface area contributed by atoms with Crippen molar-refractivity contribution in [2.24, 2.45) is 17.3 Å². The van der Waals surface area contributed by atoms with Crippen molar-refractivity contribution in [3.05, 3.63) is 24.3 Å². The van der Waals surface area contributed by atoms with E-state index in [4.69, 9.17) is 0 Å². The summed E-state index contributed by atoms with van der Waals surface area (Å²) in [5, 5.41) is 9.40. The van der Waals surface area contributed by atoms with Crippen LogP contribution < -0.4 is 16.0 Å². The van der Waals surface area contributed by atoms with Crippen LogP contribution in [0.5, 0.6) is 0 Å². The minimum absolute atomic E-state index is 0. The first-order valence-corrected chi connectivity index (χ1v) is 9.42. The molecule has 26 heavy (non-hydrogen) atoms. The van der Waals surface area contributed by atoms with E-state index in [2.05, 4.69) is 16.0 Å². The molecule has 3 rings (SSSR count). The van der Waals surface area contributed by atoms with E-state index in [1.54, 1.807) is 0 Å². The molecule has 1 aromatic rings. The summed E-state index contributed by atoms with van der Waals surface area (Å²) >= 11 is 0. The lowest BCUT2D eigenvalue weighted by Gasteiger charge is -2.37. The number of rotatable bonds is 5. The lowest BCUT2D eigenvalue weighted by atomic mass is 9.67. The molecule has 5 nitrogen and oxygen atoms in total. The number of hydrogen-bond donors (Lipinski definition) is 3. The number of anilines is 2. The van der Waals surface area contributed by atoms with E-state index in [9.17, 15) is 9.59 Å². The maximum atomic E-state index is 12.9. The van der Waals surface area contributed by atoms with Crippen molar-refractivity contribution < 1.29 is 9.59 Å². The summed E-state index contributed by atoms with van der Waals surface area (Å²) < 4.78 is 0. The average Bonchev–Trinajstić information content (AvgIpc) is 3.01. The predicted octanol–water partition coefficient (Wildman–Crippen LogP) is 3.81. The maximum Gasteiger partial charge on any atom is 0.232 e. The molecule has 0 radical (unpaired) electrons. The molecule has 144 valence electrons. The Morgan fingerprint density at radius 1 is 1.15 bits per heavy atom. The molecule has 1 aromatic carbocycles. The molecule has 1 heterocycles. The summed E-state index contributed by atoms with van der Waals surface area (Å²) in [6.07, 6.45) is 4.98. The van der Waals surface area contributed by atoms with Gasteiger partial charge in [-0.25, -0.2) is 0 Å². The molecule has 3 N–H and O–H groups in total. The number of carbonyl (C=O) groups is 2. The van der Waals surface area contributed by atoms with Gasteiger partial charge in [0.25, 0.3) is 0 Å². The van der Waals surface area contributed by atoms with Gasteiger partial charge >= 0.3 is 0 Å². The number of hydrogen-bond acceptors (Lipinski definition) is 3. The van der Waals surface area contributed by atoms with Gasteiger partial charge in [-0.05, 0) is 55.5 Å². The zero-order valence-corrected chi connectivity index (χ0v) is 16.5. The highest BCUT2D eigenvalue weighted by molar-refractivity contribution is 5.96. The summed E-state index contributed by atoms with van der Waals surface area (Å²) in [4.78, 5) is 24.8. The first-order valence-electron chi connectivity index (χ1n) is 9.42. The first kappa shape index (κ1) is 20.7. The second kappa shape index (κ2) is 8.87. The van der Waals surface area contributed by atoms with Crippen molar-refractivity contribution in [2.45, 2.75) is 46.0 Å². The summed E-state index contributed by atoms with van der Waals surface area (Å²) in [5.74, 6) is 0.948. The largest absolute Gasteiger partial charge is 0.326 e. The predicted molar refractivity (Wildman–Crippen MR) is 108 cm³/mol. The summed E-state index contributed by atoms with van der Waals surface area (Å²) in [6, 6.07) is 7.41. The van der Waals surface area contributed by atoms with Crippen molar-refractivity contribution in [2.75, 3.05) is 23.7 Å². The Labute approximate surface area is 162 Å². The van der Waals surface area contributed by atoms with Crippen LogP contribution in [0.3, 0.4) is 0 Å². The minimum Gasteiger partial charge on any atom is -0.326 e. The van der Waals surface area contributed by atoms with Gasteiger partial charge in [0, 0.05) is 24.3 Å². The normalized spacial score (nSPS) is 24.5. The highest BCUT2D eigenvalue weighted by Gasteiger charge is 2.49. The van der Waals surface area contributed by atoms with E-state index in [-0.39, 0.29) is 29.6 Å². The Morgan fingerprint density at radius 2 is 1.81 bits per heavy atom. The van der Waals surface area contributed by atoms with Gasteiger partial charge < -0.3 is 16.0 Å². The van der Waals surface area contributed by atoms with E-state index in [1.807, 2.05) is 38.1 Å².